The lowest BCUT2D eigenvalue weighted by atomic mass is 9.64. The highest BCUT2D eigenvalue weighted by molar-refractivity contribution is 14.1. The summed E-state index contributed by atoms with van der Waals surface area (Å²) in [4.78, 5) is 42.6. The molecule has 5 rings (SSSR count). The third-order valence-corrected chi connectivity index (χ3v) is 9.94. The summed E-state index contributed by atoms with van der Waals surface area (Å²) in [6.07, 6.45) is 2.33. The Labute approximate surface area is 282 Å². The number of carbonyl (C=O) groups is 3. The van der Waals surface area contributed by atoms with E-state index in [1.807, 2.05) is 26.1 Å². The number of nitrogens with zero attached hydrogens (tertiary/aromatic N) is 1. The number of nitrogens with one attached hydrogen (secondary N) is 1. The average molecular weight is 751 g/mol. The summed E-state index contributed by atoms with van der Waals surface area (Å²) in [6.45, 7) is 10.5. The van der Waals surface area contributed by atoms with Gasteiger partial charge >= 0.3 is 0 Å². The Morgan fingerprint density at radius 2 is 1.52 bits per heavy atom. The number of benzene rings is 2. The normalized spacial score (nSPS) is 19.5. The smallest absolute Gasteiger partial charge is 0.262 e. The van der Waals surface area contributed by atoms with Crippen LogP contribution in [0.25, 0.3) is 0 Å². The van der Waals surface area contributed by atoms with Crippen molar-refractivity contribution in [1.82, 2.24) is 4.90 Å². The third kappa shape index (κ3) is 6.53. The molecule has 2 aromatic carbocycles. The van der Waals surface area contributed by atoms with E-state index in [1.165, 1.54) is 0 Å². The van der Waals surface area contributed by atoms with Gasteiger partial charge in [-0.1, -0.05) is 50.9 Å². The van der Waals surface area contributed by atoms with Gasteiger partial charge in [0.25, 0.3) is 5.91 Å². The number of rotatable bonds is 7. The van der Waals surface area contributed by atoms with E-state index in [0.29, 0.717) is 61.4 Å². The molecule has 0 fully saturated rings. The van der Waals surface area contributed by atoms with Crippen molar-refractivity contribution in [2.24, 2.45) is 10.8 Å². The summed E-state index contributed by atoms with van der Waals surface area (Å²) in [5.74, 6) is 0.143. The highest BCUT2D eigenvalue weighted by Gasteiger charge is 2.48. The standard InChI is InChI=1S/C34H37Cl2IN2O5/c1-7-43-27-11-18(10-22(37)32(27)44-17-28(42)38-19-8-9-20(35)21(36)12-19)29-30-23(13-33(2,3)15-25(30)40)39(6)24-14-34(4,5)16-26(41)31(24)29/h8-12,29H,7,13-17H2,1-6H3,(H,38,42). The van der Waals surface area contributed by atoms with Crippen LogP contribution in [0.3, 0.4) is 0 Å². The van der Waals surface area contributed by atoms with Gasteiger partial charge in [-0.2, -0.15) is 0 Å². The third-order valence-electron chi connectivity index (χ3n) is 8.40. The molecule has 3 aliphatic rings. The van der Waals surface area contributed by atoms with E-state index >= 15 is 0 Å². The van der Waals surface area contributed by atoms with Crippen LogP contribution in [0.15, 0.2) is 52.9 Å². The van der Waals surface area contributed by atoms with Crippen molar-refractivity contribution in [3.05, 3.63) is 72.1 Å². The summed E-state index contributed by atoms with van der Waals surface area (Å²) in [6, 6.07) is 8.64. The first-order valence-electron chi connectivity index (χ1n) is 14.7. The lowest BCUT2D eigenvalue weighted by Gasteiger charge is -2.48. The molecule has 1 amide bonds. The molecule has 44 heavy (non-hydrogen) atoms. The lowest BCUT2D eigenvalue weighted by molar-refractivity contribution is -0.120. The first-order valence-corrected chi connectivity index (χ1v) is 16.5. The molecule has 0 bridgehead atoms. The van der Waals surface area contributed by atoms with Crippen molar-refractivity contribution in [3.8, 4) is 11.5 Å². The Bertz CT molecular complexity index is 1570. The number of hydrogen-bond donors (Lipinski definition) is 1. The van der Waals surface area contributed by atoms with Crippen molar-refractivity contribution >= 4 is 69.0 Å². The van der Waals surface area contributed by atoms with Crippen LogP contribution >= 0.6 is 45.8 Å². The van der Waals surface area contributed by atoms with E-state index in [1.54, 1.807) is 18.2 Å². The zero-order valence-electron chi connectivity index (χ0n) is 25.8. The van der Waals surface area contributed by atoms with Crippen LogP contribution in [0.2, 0.25) is 10.0 Å². The van der Waals surface area contributed by atoms with Gasteiger partial charge < -0.3 is 19.7 Å². The highest BCUT2D eigenvalue weighted by Crippen LogP contribution is 2.54. The van der Waals surface area contributed by atoms with E-state index < -0.39 is 5.92 Å². The molecule has 2 aromatic rings. The minimum atomic E-state index is -0.497. The van der Waals surface area contributed by atoms with Gasteiger partial charge in [-0.3, -0.25) is 14.4 Å². The van der Waals surface area contributed by atoms with Crippen LogP contribution in [0.5, 0.6) is 11.5 Å². The maximum absolute atomic E-state index is 13.9. The van der Waals surface area contributed by atoms with Crippen LogP contribution in [0, 0.1) is 14.4 Å². The van der Waals surface area contributed by atoms with Gasteiger partial charge in [0.05, 0.1) is 20.2 Å². The van der Waals surface area contributed by atoms with E-state index in [-0.39, 0.29) is 34.9 Å². The first-order chi connectivity index (χ1) is 20.6. The zero-order chi connectivity index (χ0) is 32.1. The second-order valence-corrected chi connectivity index (χ2v) is 15.3. The molecule has 1 aliphatic heterocycles. The molecule has 7 nitrogen and oxygen atoms in total. The Kier molecular flexibility index (Phi) is 9.19. The molecule has 10 heteroatoms. The van der Waals surface area contributed by atoms with Gasteiger partial charge in [-0.05, 0) is 89.1 Å². The largest absolute Gasteiger partial charge is 0.490 e. The molecule has 0 radical (unpaired) electrons. The van der Waals surface area contributed by atoms with Gasteiger partial charge in [-0.25, -0.2) is 0 Å². The predicted molar refractivity (Wildman–Crippen MR) is 182 cm³/mol. The topological polar surface area (TPSA) is 84.9 Å². The fourth-order valence-corrected chi connectivity index (χ4v) is 7.64. The van der Waals surface area contributed by atoms with Crippen LogP contribution in [-0.2, 0) is 14.4 Å². The Hall–Kier alpha value is -2.56. The molecule has 0 spiro atoms. The highest BCUT2D eigenvalue weighted by atomic mass is 127. The van der Waals surface area contributed by atoms with Crippen molar-refractivity contribution in [2.75, 3.05) is 25.6 Å². The van der Waals surface area contributed by atoms with Gasteiger partial charge in [0, 0.05) is 54.0 Å². The van der Waals surface area contributed by atoms with E-state index in [4.69, 9.17) is 32.7 Å². The van der Waals surface area contributed by atoms with Crippen molar-refractivity contribution in [2.45, 2.75) is 66.2 Å². The lowest BCUT2D eigenvalue weighted by Crippen LogP contribution is -2.43. The molecule has 0 saturated heterocycles. The molecule has 0 aromatic heterocycles. The second-order valence-electron chi connectivity index (χ2n) is 13.3. The number of amides is 1. The van der Waals surface area contributed by atoms with Crippen LogP contribution in [0.1, 0.15) is 71.8 Å². The summed E-state index contributed by atoms with van der Waals surface area (Å²) in [7, 11) is 2.00. The van der Waals surface area contributed by atoms with Crippen molar-refractivity contribution < 1.29 is 23.9 Å². The predicted octanol–water partition coefficient (Wildman–Crippen LogP) is 8.33. The summed E-state index contributed by atoms with van der Waals surface area (Å²) in [5, 5.41) is 3.49. The molecule has 0 saturated carbocycles. The van der Waals surface area contributed by atoms with Gasteiger partial charge in [0.15, 0.2) is 29.7 Å². The fraction of sp³-hybridized carbons (Fsp3) is 0.441. The van der Waals surface area contributed by atoms with Crippen LogP contribution in [0.4, 0.5) is 5.69 Å². The average Bonchev–Trinajstić information content (AvgIpc) is 2.90. The van der Waals surface area contributed by atoms with E-state index in [2.05, 4.69) is 60.5 Å². The number of hydrogen-bond acceptors (Lipinski definition) is 6. The Morgan fingerprint density at radius 1 is 0.932 bits per heavy atom. The SMILES string of the molecule is CCOc1cc(C2C3=C(CC(C)(C)CC3=O)N(C)C3=C2C(=O)CC(C)(C)C3)cc(I)c1OCC(=O)Nc1ccc(Cl)c(Cl)c1. The number of anilines is 1. The summed E-state index contributed by atoms with van der Waals surface area (Å²) < 4.78 is 12.8. The maximum atomic E-state index is 13.9. The Morgan fingerprint density at radius 3 is 2.07 bits per heavy atom. The molecular formula is C34H37Cl2IN2O5. The molecule has 0 unspecified atom stereocenters. The molecule has 234 valence electrons. The molecular weight excluding hydrogens is 714 g/mol. The van der Waals surface area contributed by atoms with Gasteiger partial charge in [0.2, 0.25) is 0 Å². The molecule has 1 heterocycles. The summed E-state index contributed by atoms with van der Waals surface area (Å²) >= 11 is 14.2. The first kappa shape index (κ1) is 32.8. The van der Waals surface area contributed by atoms with Crippen LogP contribution in [-0.4, -0.2) is 42.6 Å². The quantitative estimate of drug-likeness (QED) is 0.287. The summed E-state index contributed by atoms with van der Waals surface area (Å²) in [5.41, 5.74) is 4.33. The number of Topliss-reactive ketones (excluding diaryl/α,β-unsaturated/α-hetero) is 2. The molecule has 0 atom stereocenters. The second kappa shape index (κ2) is 12.3. The number of halogens is 3. The number of carbonyl (C=O) groups excluding carboxylic acids is 3. The number of ketones is 2. The van der Waals surface area contributed by atoms with E-state index in [9.17, 15) is 14.4 Å². The minimum Gasteiger partial charge on any atom is -0.490 e. The van der Waals surface area contributed by atoms with Gasteiger partial charge in [-0.15, -0.1) is 0 Å². The maximum Gasteiger partial charge on any atom is 0.262 e. The van der Waals surface area contributed by atoms with Gasteiger partial charge in [0.1, 0.15) is 0 Å². The Balaban J connectivity index is 1.53. The number of allylic oxidation sites excluding steroid dienone is 4. The van der Waals surface area contributed by atoms with Crippen LogP contribution < -0.4 is 14.8 Å². The van der Waals surface area contributed by atoms with Crippen molar-refractivity contribution in [1.29, 1.82) is 0 Å². The fourth-order valence-electron chi connectivity index (χ4n) is 6.56. The van der Waals surface area contributed by atoms with Crippen molar-refractivity contribution in [3.63, 3.8) is 0 Å². The number of ether oxygens (including phenoxy) is 2. The van der Waals surface area contributed by atoms with E-state index in [0.717, 1.165) is 29.8 Å². The molecule has 2 aliphatic carbocycles. The zero-order valence-corrected chi connectivity index (χ0v) is 29.5. The monoisotopic (exact) mass is 750 g/mol. The minimum absolute atomic E-state index is 0.0737. The molecule has 1 N–H and O–H groups in total.